The SMILES string of the molecule is CCC(C#N)Sc1nc(C)co1. The average molecular weight is 182 g/mol. The molecular formula is C8H10N2OS. The molecule has 0 radical (unpaired) electrons. The maximum Gasteiger partial charge on any atom is 0.257 e. The van der Waals surface area contributed by atoms with Gasteiger partial charge in [-0.15, -0.1) is 0 Å². The molecule has 0 aliphatic carbocycles. The average Bonchev–Trinajstić information content (AvgIpc) is 2.47. The van der Waals surface area contributed by atoms with Crippen molar-refractivity contribution >= 4 is 11.8 Å². The Labute approximate surface area is 75.8 Å². The molecule has 0 saturated heterocycles. The van der Waals surface area contributed by atoms with Crippen molar-refractivity contribution in [2.75, 3.05) is 0 Å². The van der Waals surface area contributed by atoms with Crippen LogP contribution in [0.2, 0.25) is 0 Å². The number of nitrogens with zero attached hydrogens (tertiary/aromatic N) is 2. The van der Waals surface area contributed by atoms with Crippen LogP contribution < -0.4 is 0 Å². The molecule has 1 rings (SSSR count). The van der Waals surface area contributed by atoms with Crippen molar-refractivity contribution in [2.45, 2.75) is 30.7 Å². The first kappa shape index (κ1) is 9.14. The maximum absolute atomic E-state index is 8.65. The minimum absolute atomic E-state index is 0.0527. The number of aromatic nitrogens is 1. The highest BCUT2D eigenvalue weighted by Gasteiger charge is 2.10. The van der Waals surface area contributed by atoms with Gasteiger partial charge in [-0.25, -0.2) is 4.98 Å². The van der Waals surface area contributed by atoms with Crippen LogP contribution in [0.25, 0.3) is 0 Å². The van der Waals surface area contributed by atoms with Crippen molar-refractivity contribution < 1.29 is 4.42 Å². The van der Waals surface area contributed by atoms with Crippen LogP contribution in [0.5, 0.6) is 0 Å². The Kier molecular flexibility index (Phi) is 3.18. The Morgan fingerprint density at radius 3 is 3.00 bits per heavy atom. The van der Waals surface area contributed by atoms with E-state index in [1.807, 2.05) is 13.8 Å². The van der Waals surface area contributed by atoms with Crippen molar-refractivity contribution in [3.05, 3.63) is 12.0 Å². The van der Waals surface area contributed by atoms with E-state index in [0.717, 1.165) is 12.1 Å². The summed E-state index contributed by atoms with van der Waals surface area (Å²) in [6.07, 6.45) is 2.40. The van der Waals surface area contributed by atoms with Crippen molar-refractivity contribution in [3.8, 4) is 6.07 Å². The molecule has 0 aliphatic rings. The van der Waals surface area contributed by atoms with E-state index in [1.54, 1.807) is 6.26 Å². The van der Waals surface area contributed by atoms with Gasteiger partial charge in [-0.3, -0.25) is 0 Å². The molecule has 0 aliphatic heterocycles. The highest BCUT2D eigenvalue weighted by atomic mass is 32.2. The molecule has 1 atom stereocenters. The highest BCUT2D eigenvalue weighted by molar-refractivity contribution is 7.99. The molecule has 64 valence electrons. The third-order valence-corrected chi connectivity index (χ3v) is 2.47. The molecule has 12 heavy (non-hydrogen) atoms. The molecule has 0 aromatic carbocycles. The minimum Gasteiger partial charge on any atom is -0.440 e. The van der Waals surface area contributed by atoms with Gasteiger partial charge in [0.15, 0.2) is 0 Å². The Morgan fingerprint density at radius 1 is 1.83 bits per heavy atom. The molecular weight excluding hydrogens is 172 g/mol. The van der Waals surface area contributed by atoms with Crippen LogP contribution in [0.3, 0.4) is 0 Å². The van der Waals surface area contributed by atoms with Gasteiger partial charge in [0.05, 0.1) is 11.8 Å². The van der Waals surface area contributed by atoms with E-state index in [-0.39, 0.29) is 5.25 Å². The van der Waals surface area contributed by atoms with Crippen molar-refractivity contribution in [2.24, 2.45) is 0 Å². The minimum atomic E-state index is -0.0527. The van der Waals surface area contributed by atoms with E-state index < -0.39 is 0 Å². The fraction of sp³-hybridized carbons (Fsp3) is 0.500. The lowest BCUT2D eigenvalue weighted by molar-refractivity contribution is 0.453. The van der Waals surface area contributed by atoms with Crippen molar-refractivity contribution in [1.29, 1.82) is 5.26 Å². The van der Waals surface area contributed by atoms with Crippen LogP contribution in [-0.4, -0.2) is 10.2 Å². The Hall–Kier alpha value is -0.950. The van der Waals surface area contributed by atoms with Gasteiger partial charge in [0.1, 0.15) is 11.5 Å². The van der Waals surface area contributed by atoms with Gasteiger partial charge in [0, 0.05) is 0 Å². The van der Waals surface area contributed by atoms with Crippen LogP contribution >= 0.6 is 11.8 Å². The summed E-state index contributed by atoms with van der Waals surface area (Å²) in [5.41, 5.74) is 0.852. The van der Waals surface area contributed by atoms with Gasteiger partial charge in [0.25, 0.3) is 5.22 Å². The van der Waals surface area contributed by atoms with Gasteiger partial charge in [-0.2, -0.15) is 5.26 Å². The normalized spacial score (nSPS) is 12.4. The van der Waals surface area contributed by atoms with Crippen LogP contribution in [0.1, 0.15) is 19.0 Å². The smallest absolute Gasteiger partial charge is 0.257 e. The second-order valence-corrected chi connectivity index (χ2v) is 3.55. The molecule has 4 heteroatoms. The molecule has 0 amide bonds. The van der Waals surface area contributed by atoms with Crippen LogP contribution in [0.4, 0.5) is 0 Å². The Balaban J connectivity index is 2.58. The van der Waals surface area contributed by atoms with Crippen LogP contribution in [0.15, 0.2) is 15.9 Å². The number of oxazole rings is 1. The van der Waals surface area contributed by atoms with E-state index >= 15 is 0 Å². The Bertz CT molecular complexity index is 289. The summed E-state index contributed by atoms with van der Waals surface area (Å²) in [5, 5.41) is 9.19. The number of rotatable bonds is 3. The molecule has 1 unspecified atom stereocenters. The number of hydrogen-bond donors (Lipinski definition) is 0. The first-order chi connectivity index (χ1) is 5.76. The maximum atomic E-state index is 8.65. The quantitative estimate of drug-likeness (QED) is 0.673. The summed E-state index contributed by atoms with van der Waals surface area (Å²) in [5.74, 6) is 0. The predicted octanol–water partition coefficient (Wildman–Crippen LogP) is 2.38. The number of hydrogen-bond acceptors (Lipinski definition) is 4. The zero-order valence-electron chi connectivity index (χ0n) is 7.07. The largest absolute Gasteiger partial charge is 0.440 e. The first-order valence-corrected chi connectivity index (χ1v) is 4.62. The summed E-state index contributed by atoms with van der Waals surface area (Å²) < 4.78 is 5.10. The van der Waals surface area contributed by atoms with E-state index in [4.69, 9.17) is 9.68 Å². The number of aryl methyl sites for hydroxylation is 1. The molecule has 0 spiro atoms. The number of nitriles is 1. The third kappa shape index (κ3) is 2.28. The zero-order valence-corrected chi connectivity index (χ0v) is 7.89. The molecule has 1 heterocycles. The van der Waals surface area contributed by atoms with E-state index in [1.165, 1.54) is 11.8 Å². The summed E-state index contributed by atoms with van der Waals surface area (Å²) in [6, 6.07) is 2.17. The zero-order chi connectivity index (χ0) is 8.97. The van der Waals surface area contributed by atoms with E-state index in [9.17, 15) is 0 Å². The fourth-order valence-electron chi connectivity index (χ4n) is 0.709. The molecule has 0 bridgehead atoms. The molecule has 0 fully saturated rings. The lowest BCUT2D eigenvalue weighted by Gasteiger charge is -1.99. The van der Waals surface area contributed by atoms with Gasteiger partial charge in [-0.1, -0.05) is 6.92 Å². The van der Waals surface area contributed by atoms with E-state index in [0.29, 0.717) is 5.22 Å². The first-order valence-electron chi connectivity index (χ1n) is 3.74. The second-order valence-electron chi connectivity index (χ2n) is 2.40. The molecule has 0 saturated carbocycles. The van der Waals surface area contributed by atoms with Crippen LogP contribution in [0, 0.1) is 18.3 Å². The lowest BCUT2D eigenvalue weighted by atomic mass is 10.4. The third-order valence-electron chi connectivity index (χ3n) is 1.36. The van der Waals surface area contributed by atoms with Gasteiger partial charge in [-0.05, 0) is 25.1 Å². The highest BCUT2D eigenvalue weighted by Crippen LogP contribution is 2.23. The van der Waals surface area contributed by atoms with Gasteiger partial charge < -0.3 is 4.42 Å². The summed E-state index contributed by atoms with van der Waals surface area (Å²) >= 11 is 1.37. The second kappa shape index (κ2) is 4.17. The van der Waals surface area contributed by atoms with Gasteiger partial charge >= 0.3 is 0 Å². The molecule has 1 aromatic heterocycles. The summed E-state index contributed by atoms with van der Waals surface area (Å²) in [4.78, 5) is 4.09. The van der Waals surface area contributed by atoms with Crippen LogP contribution in [-0.2, 0) is 0 Å². The summed E-state index contributed by atoms with van der Waals surface area (Å²) in [6.45, 7) is 3.83. The summed E-state index contributed by atoms with van der Waals surface area (Å²) in [7, 11) is 0. The number of thioether (sulfide) groups is 1. The standard InChI is InChI=1S/C8H10N2OS/c1-3-7(4-9)12-8-10-6(2)5-11-8/h5,7H,3H2,1-2H3. The fourth-order valence-corrected chi connectivity index (χ4v) is 1.47. The monoisotopic (exact) mass is 182 g/mol. The topological polar surface area (TPSA) is 49.8 Å². The lowest BCUT2D eigenvalue weighted by Crippen LogP contribution is -1.94. The molecule has 3 nitrogen and oxygen atoms in total. The van der Waals surface area contributed by atoms with E-state index in [2.05, 4.69) is 11.1 Å². The van der Waals surface area contributed by atoms with Crippen molar-refractivity contribution in [1.82, 2.24) is 4.98 Å². The van der Waals surface area contributed by atoms with Gasteiger partial charge in [0.2, 0.25) is 0 Å². The predicted molar refractivity (Wildman–Crippen MR) is 46.8 cm³/mol. The molecule has 0 N–H and O–H groups in total. The Morgan fingerprint density at radius 2 is 2.58 bits per heavy atom. The molecule has 1 aromatic rings. The van der Waals surface area contributed by atoms with Crippen molar-refractivity contribution in [3.63, 3.8) is 0 Å².